The summed E-state index contributed by atoms with van der Waals surface area (Å²) in [6.07, 6.45) is 1.59. The van der Waals surface area contributed by atoms with Gasteiger partial charge in [0.1, 0.15) is 17.7 Å². The Balaban J connectivity index is 1.83. The third kappa shape index (κ3) is 3.08. The zero-order valence-electron chi connectivity index (χ0n) is 14.8. The first-order valence-corrected chi connectivity index (χ1v) is 8.88. The first-order chi connectivity index (χ1) is 13.3. The number of hydrogen-bond acceptors (Lipinski definition) is 3. The lowest BCUT2D eigenvalue weighted by atomic mass is 10.0. The van der Waals surface area contributed by atoms with Crippen LogP contribution in [0.25, 0.3) is 5.57 Å². The molecule has 0 aliphatic heterocycles. The molecule has 0 radical (unpaired) electrons. The normalized spacial score (nSPS) is 12.0. The molecular weight excluding hydrogens is 330 g/mol. The van der Waals surface area contributed by atoms with Gasteiger partial charge in [-0.25, -0.2) is 0 Å². The maximum absolute atomic E-state index is 9.21. The number of allylic oxidation sites excluding steroid dienone is 2. The molecule has 4 rings (SSSR count). The smallest absolute Gasteiger partial charge is 0.133 e. The Bertz CT molecular complexity index is 1030. The van der Waals surface area contributed by atoms with Gasteiger partial charge in [-0.2, -0.15) is 10.5 Å². The number of para-hydroxylation sites is 2. The molecule has 0 aromatic heterocycles. The van der Waals surface area contributed by atoms with Gasteiger partial charge in [-0.1, -0.05) is 42.5 Å². The van der Waals surface area contributed by atoms with E-state index in [1.54, 1.807) is 0 Å². The van der Waals surface area contributed by atoms with Gasteiger partial charge in [0, 0.05) is 17.1 Å². The van der Waals surface area contributed by atoms with E-state index >= 15 is 0 Å². The first-order valence-electron chi connectivity index (χ1n) is 8.88. The van der Waals surface area contributed by atoms with Crippen molar-refractivity contribution in [3.8, 4) is 12.1 Å². The molecule has 0 saturated carbocycles. The monoisotopic (exact) mass is 347 g/mol. The Kier molecular flexibility index (Phi) is 4.44. The van der Waals surface area contributed by atoms with Crippen LogP contribution in [0.2, 0.25) is 0 Å². The van der Waals surface area contributed by atoms with Crippen molar-refractivity contribution in [1.82, 2.24) is 0 Å². The van der Waals surface area contributed by atoms with Crippen LogP contribution in [0, 0.1) is 22.7 Å². The fourth-order valence-electron chi connectivity index (χ4n) is 3.64. The van der Waals surface area contributed by atoms with E-state index < -0.39 is 0 Å². The van der Waals surface area contributed by atoms with Gasteiger partial charge in [0.15, 0.2) is 0 Å². The van der Waals surface area contributed by atoms with Gasteiger partial charge in [0.2, 0.25) is 0 Å². The molecule has 0 bridgehead atoms. The first kappa shape index (κ1) is 16.6. The summed E-state index contributed by atoms with van der Waals surface area (Å²) < 4.78 is 0. The zero-order chi connectivity index (χ0) is 18.6. The number of hydrogen-bond donors (Lipinski definition) is 0. The predicted octanol–water partition coefficient (Wildman–Crippen LogP) is 5.90. The fourth-order valence-corrected chi connectivity index (χ4v) is 3.64. The Morgan fingerprint density at radius 1 is 0.704 bits per heavy atom. The molecule has 3 aromatic carbocycles. The summed E-state index contributed by atoms with van der Waals surface area (Å²) in [7, 11) is 0. The molecular formula is C24H17N3. The maximum atomic E-state index is 9.21. The summed E-state index contributed by atoms with van der Waals surface area (Å²) in [5.74, 6) is 0. The highest BCUT2D eigenvalue weighted by Gasteiger charge is 2.22. The van der Waals surface area contributed by atoms with E-state index in [4.69, 9.17) is 0 Å². The summed E-state index contributed by atoms with van der Waals surface area (Å²) in [6.45, 7) is 0. The molecule has 0 fully saturated rings. The van der Waals surface area contributed by atoms with Gasteiger partial charge in [0.05, 0.1) is 0 Å². The Labute approximate surface area is 159 Å². The lowest BCUT2D eigenvalue weighted by Crippen LogP contribution is -2.10. The van der Waals surface area contributed by atoms with Crippen LogP contribution in [0.4, 0.5) is 17.1 Å². The Hall–Kier alpha value is -3.82. The number of aryl methyl sites for hydroxylation is 1. The quantitative estimate of drug-likeness (QED) is 0.554. The highest BCUT2D eigenvalue weighted by Crippen LogP contribution is 2.40. The molecule has 0 saturated heterocycles. The number of rotatable bonds is 3. The fraction of sp³-hybridized carbons (Fsp3) is 0.0833. The number of anilines is 3. The van der Waals surface area contributed by atoms with Crippen LogP contribution in [-0.4, -0.2) is 0 Å². The third-order valence-electron chi connectivity index (χ3n) is 4.87. The largest absolute Gasteiger partial charge is 0.310 e. The summed E-state index contributed by atoms with van der Waals surface area (Å²) in [4.78, 5) is 2.22. The summed E-state index contributed by atoms with van der Waals surface area (Å²) in [5.41, 5.74) is 6.56. The molecule has 1 aliphatic rings. The van der Waals surface area contributed by atoms with Crippen LogP contribution >= 0.6 is 0 Å². The average molecular weight is 347 g/mol. The summed E-state index contributed by atoms with van der Waals surface area (Å²) in [5, 5.41) is 18.4. The molecule has 3 aromatic rings. The number of fused-ring (bicyclic) bond motifs is 1. The minimum absolute atomic E-state index is 0.226. The summed E-state index contributed by atoms with van der Waals surface area (Å²) in [6, 6.07) is 30.9. The molecule has 0 atom stereocenters. The predicted molar refractivity (Wildman–Crippen MR) is 108 cm³/mol. The minimum atomic E-state index is 0.226. The van der Waals surface area contributed by atoms with Crippen LogP contribution in [0.5, 0.6) is 0 Å². The molecule has 0 amide bonds. The Morgan fingerprint density at radius 3 is 1.85 bits per heavy atom. The van der Waals surface area contributed by atoms with Crippen molar-refractivity contribution in [2.24, 2.45) is 0 Å². The van der Waals surface area contributed by atoms with Crippen molar-refractivity contribution in [2.75, 3.05) is 4.90 Å². The molecule has 0 spiro atoms. The highest BCUT2D eigenvalue weighted by molar-refractivity contribution is 5.83. The summed E-state index contributed by atoms with van der Waals surface area (Å²) >= 11 is 0. The van der Waals surface area contributed by atoms with E-state index in [2.05, 4.69) is 41.3 Å². The lowest BCUT2D eigenvalue weighted by Gasteiger charge is -2.26. The van der Waals surface area contributed by atoms with E-state index in [9.17, 15) is 10.5 Å². The van der Waals surface area contributed by atoms with Crippen LogP contribution in [0.1, 0.15) is 17.5 Å². The van der Waals surface area contributed by atoms with Gasteiger partial charge in [0.25, 0.3) is 0 Å². The van der Waals surface area contributed by atoms with Crippen LogP contribution in [0.15, 0.2) is 84.4 Å². The number of benzene rings is 3. The van der Waals surface area contributed by atoms with Gasteiger partial charge >= 0.3 is 0 Å². The van der Waals surface area contributed by atoms with Gasteiger partial charge in [-0.05, 0) is 65.9 Å². The van der Waals surface area contributed by atoms with Crippen molar-refractivity contribution in [3.05, 3.63) is 95.6 Å². The number of nitrogens with zero attached hydrogens (tertiary/aromatic N) is 3. The standard InChI is InChI=1S/C24H17N3/c25-16-19(17-26)24-13-11-18-15-22(12-14-23(18)24)27(20-7-3-1-4-8-20)21-9-5-2-6-10-21/h1-10,12,14-15H,11,13H2. The SMILES string of the molecule is N#CC(C#N)=C1CCc2cc(N(c3ccccc3)c3ccccc3)ccc21. The second kappa shape index (κ2) is 7.20. The molecule has 0 unspecified atom stereocenters. The topological polar surface area (TPSA) is 50.8 Å². The van der Waals surface area contributed by atoms with E-state index in [-0.39, 0.29) is 5.57 Å². The molecule has 0 N–H and O–H groups in total. The molecule has 3 nitrogen and oxygen atoms in total. The van der Waals surface area contributed by atoms with E-state index in [0.717, 1.165) is 41.0 Å². The Morgan fingerprint density at radius 2 is 1.30 bits per heavy atom. The molecule has 0 heterocycles. The average Bonchev–Trinajstić information content (AvgIpc) is 3.14. The third-order valence-corrected chi connectivity index (χ3v) is 4.87. The molecule has 3 heteroatoms. The number of nitriles is 2. The van der Waals surface area contributed by atoms with Crippen molar-refractivity contribution in [3.63, 3.8) is 0 Å². The van der Waals surface area contributed by atoms with E-state index in [1.807, 2.05) is 54.6 Å². The van der Waals surface area contributed by atoms with Crippen molar-refractivity contribution in [1.29, 1.82) is 10.5 Å². The maximum Gasteiger partial charge on any atom is 0.133 e. The van der Waals surface area contributed by atoms with Crippen LogP contribution < -0.4 is 4.90 Å². The van der Waals surface area contributed by atoms with Gasteiger partial charge in [-0.3, -0.25) is 0 Å². The van der Waals surface area contributed by atoms with Gasteiger partial charge < -0.3 is 4.90 Å². The highest BCUT2D eigenvalue weighted by atomic mass is 15.1. The second-order valence-corrected chi connectivity index (χ2v) is 6.43. The molecule has 128 valence electrons. The van der Waals surface area contributed by atoms with Crippen molar-refractivity contribution in [2.45, 2.75) is 12.8 Å². The van der Waals surface area contributed by atoms with Gasteiger partial charge in [-0.15, -0.1) is 0 Å². The minimum Gasteiger partial charge on any atom is -0.310 e. The van der Waals surface area contributed by atoms with Crippen molar-refractivity contribution >= 4 is 22.6 Å². The van der Waals surface area contributed by atoms with Crippen LogP contribution in [-0.2, 0) is 6.42 Å². The molecule has 1 aliphatic carbocycles. The second-order valence-electron chi connectivity index (χ2n) is 6.43. The lowest BCUT2D eigenvalue weighted by molar-refractivity contribution is 1.08. The van der Waals surface area contributed by atoms with Crippen molar-refractivity contribution < 1.29 is 0 Å². The van der Waals surface area contributed by atoms with E-state index in [1.165, 1.54) is 5.56 Å². The molecule has 27 heavy (non-hydrogen) atoms. The zero-order valence-corrected chi connectivity index (χ0v) is 14.8. The van der Waals surface area contributed by atoms with Crippen LogP contribution in [0.3, 0.4) is 0 Å². The van der Waals surface area contributed by atoms with E-state index in [0.29, 0.717) is 0 Å².